The van der Waals surface area contributed by atoms with Crippen molar-refractivity contribution >= 4 is 58.2 Å². The fraction of sp³-hybridized carbons (Fsp3) is 0.190. The summed E-state index contributed by atoms with van der Waals surface area (Å²) in [6, 6.07) is 11.6. The third-order valence-electron chi connectivity index (χ3n) is 5.12. The molecule has 2 aromatic carbocycles. The molecule has 8 heteroatoms. The molecule has 0 saturated carbocycles. The summed E-state index contributed by atoms with van der Waals surface area (Å²) in [4.78, 5) is 23.5. The summed E-state index contributed by atoms with van der Waals surface area (Å²) in [6.45, 7) is 0. The number of fused-ring (bicyclic) bond motifs is 2. The normalized spacial score (nSPS) is 15.2. The first-order chi connectivity index (χ1) is 14.1. The lowest BCUT2D eigenvalue weighted by atomic mass is 10.1. The van der Waals surface area contributed by atoms with Gasteiger partial charge in [0.25, 0.3) is 5.91 Å². The number of benzene rings is 2. The lowest BCUT2D eigenvalue weighted by Gasteiger charge is -2.28. The van der Waals surface area contributed by atoms with Gasteiger partial charge in [-0.05, 0) is 54.7 Å². The van der Waals surface area contributed by atoms with Gasteiger partial charge in [0.2, 0.25) is 5.95 Å². The molecule has 1 aromatic heterocycles. The third kappa shape index (κ3) is 3.45. The van der Waals surface area contributed by atoms with E-state index in [9.17, 15) is 4.79 Å². The number of rotatable bonds is 3. The summed E-state index contributed by atoms with van der Waals surface area (Å²) in [5.74, 6) is 0.647. The minimum absolute atomic E-state index is 0.210. The van der Waals surface area contributed by atoms with Gasteiger partial charge in [0.1, 0.15) is 5.03 Å². The van der Waals surface area contributed by atoms with E-state index in [4.69, 9.17) is 23.2 Å². The van der Waals surface area contributed by atoms with E-state index in [-0.39, 0.29) is 5.91 Å². The van der Waals surface area contributed by atoms with Gasteiger partial charge < -0.3 is 5.32 Å². The fourth-order valence-electron chi connectivity index (χ4n) is 3.70. The highest BCUT2D eigenvalue weighted by molar-refractivity contribution is 7.99. The highest BCUT2D eigenvalue weighted by atomic mass is 35.5. The van der Waals surface area contributed by atoms with Gasteiger partial charge in [0, 0.05) is 11.9 Å². The van der Waals surface area contributed by atoms with E-state index in [0.29, 0.717) is 38.1 Å². The summed E-state index contributed by atoms with van der Waals surface area (Å²) in [5, 5.41) is 4.78. The average Bonchev–Trinajstić information content (AvgIpc) is 3.17. The van der Waals surface area contributed by atoms with Crippen LogP contribution in [0.1, 0.15) is 27.9 Å². The van der Waals surface area contributed by atoms with E-state index in [1.54, 1.807) is 29.3 Å². The summed E-state index contributed by atoms with van der Waals surface area (Å²) in [7, 11) is 0. The lowest BCUT2D eigenvalue weighted by molar-refractivity contribution is 0.0985. The van der Waals surface area contributed by atoms with Crippen LogP contribution in [0.4, 0.5) is 17.3 Å². The number of nitrogens with one attached hydrogen (secondary N) is 1. The number of aromatic nitrogens is 2. The molecule has 3 aromatic rings. The Hall–Kier alpha value is -2.28. The number of hydrogen-bond acceptors (Lipinski definition) is 5. The van der Waals surface area contributed by atoms with Crippen molar-refractivity contribution in [2.45, 2.75) is 24.3 Å². The minimum atomic E-state index is -0.210. The summed E-state index contributed by atoms with van der Waals surface area (Å²) in [5.41, 5.74) is 4.71. The molecule has 0 spiro atoms. The van der Waals surface area contributed by atoms with Crippen molar-refractivity contribution in [3.63, 3.8) is 0 Å². The van der Waals surface area contributed by atoms with Crippen LogP contribution in [-0.2, 0) is 12.8 Å². The van der Waals surface area contributed by atoms with Crippen LogP contribution in [0.2, 0.25) is 10.0 Å². The molecular formula is C21H16Cl2N4OS. The van der Waals surface area contributed by atoms with Crippen LogP contribution in [0.15, 0.2) is 47.6 Å². The molecule has 5 rings (SSSR count). The molecule has 2 heterocycles. The van der Waals surface area contributed by atoms with E-state index < -0.39 is 0 Å². The minimum Gasteiger partial charge on any atom is -0.324 e. The molecule has 1 amide bonds. The fourth-order valence-corrected chi connectivity index (χ4v) is 5.25. The first-order valence-corrected chi connectivity index (χ1v) is 11.0. The Balaban J connectivity index is 1.41. The number of hydrogen-bond donors (Lipinski definition) is 1. The maximum Gasteiger partial charge on any atom is 0.263 e. The monoisotopic (exact) mass is 442 g/mol. The zero-order chi connectivity index (χ0) is 20.0. The molecular weight excluding hydrogens is 427 g/mol. The van der Waals surface area contributed by atoms with E-state index in [2.05, 4.69) is 27.4 Å². The number of aryl methyl sites for hydroxylation is 2. The summed E-state index contributed by atoms with van der Waals surface area (Å²) >= 11 is 14.0. The van der Waals surface area contributed by atoms with Gasteiger partial charge in [-0.2, -0.15) is 0 Å². The highest BCUT2D eigenvalue weighted by Gasteiger charge is 2.30. The number of para-hydroxylation sites is 1. The Morgan fingerprint density at radius 2 is 1.86 bits per heavy atom. The molecule has 0 saturated heterocycles. The van der Waals surface area contributed by atoms with Crippen molar-refractivity contribution in [2.24, 2.45) is 0 Å². The van der Waals surface area contributed by atoms with Gasteiger partial charge in [-0.15, -0.1) is 0 Å². The average molecular weight is 443 g/mol. The standard InChI is InChI=1S/C21H16Cl2N4OS/c22-16-5-2-6-17(23)18(16)27-11-29-19-15(20(27)28)10-24-21(26-19)25-14-8-7-12-3-1-4-13(12)9-14/h2,5-10H,1,3-4,11H2,(H,24,25,26). The Morgan fingerprint density at radius 1 is 1.07 bits per heavy atom. The topological polar surface area (TPSA) is 58.1 Å². The summed E-state index contributed by atoms with van der Waals surface area (Å²) in [6.07, 6.45) is 5.03. The SMILES string of the molecule is O=C1c2cnc(Nc3ccc4c(c3)CCC4)nc2SCN1c1c(Cl)cccc1Cl. The molecule has 0 radical (unpaired) electrons. The van der Waals surface area contributed by atoms with Crippen LogP contribution >= 0.6 is 35.0 Å². The quantitative estimate of drug-likeness (QED) is 0.525. The molecule has 0 unspecified atom stereocenters. The van der Waals surface area contributed by atoms with Crippen molar-refractivity contribution in [1.29, 1.82) is 0 Å². The molecule has 1 aliphatic carbocycles. The molecule has 2 aliphatic rings. The molecule has 1 aliphatic heterocycles. The van der Waals surface area contributed by atoms with Crippen LogP contribution in [-0.4, -0.2) is 21.8 Å². The molecule has 0 atom stereocenters. The summed E-state index contributed by atoms with van der Waals surface area (Å²) < 4.78 is 0. The van der Waals surface area contributed by atoms with Crippen molar-refractivity contribution in [3.8, 4) is 0 Å². The Bertz CT molecular complexity index is 1120. The second kappa shape index (κ2) is 7.52. The first kappa shape index (κ1) is 18.7. The van der Waals surface area contributed by atoms with Gasteiger partial charge >= 0.3 is 0 Å². The molecule has 5 nitrogen and oxygen atoms in total. The van der Waals surface area contributed by atoms with E-state index in [1.165, 1.54) is 29.3 Å². The molecule has 0 fully saturated rings. The van der Waals surface area contributed by atoms with Gasteiger partial charge in [-0.1, -0.05) is 47.1 Å². The maximum absolute atomic E-state index is 13.0. The van der Waals surface area contributed by atoms with Crippen molar-refractivity contribution < 1.29 is 4.79 Å². The van der Waals surface area contributed by atoms with E-state index in [0.717, 1.165) is 18.5 Å². The van der Waals surface area contributed by atoms with Gasteiger partial charge in [-0.3, -0.25) is 9.69 Å². The van der Waals surface area contributed by atoms with Gasteiger partial charge in [-0.25, -0.2) is 9.97 Å². The predicted molar refractivity (Wildman–Crippen MR) is 118 cm³/mol. The van der Waals surface area contributed by atoms with Crippen LogP contribution < -0.4 is 10.2 Å². The molecule has 0 bridgehead atoms. The van der Waals surface area contributed by atoms with E-state index >= 15 is 0 Å². The number of nitrogens with zero attached hydrogens (tertiary/aromatic N) is 3. The molecule has 29 heavy (non-hydrogen) atoms. The smallest absolute Gasteiger partial charge is 0.263 e. The van der Waals surface area contributed by atoms with Crippen molar-refractivity contribution in [2.75, 3.05) is 16.1 Å². The second-order valence-electron chi connectivity index (χ2n) is 6.95. The first-order valence-electron chi connectivity index (χ1n) is 9.25. The Morgan fingerprint density at radius 3 is 2.69 bits per heavy atom. The largest absolute Gasteiger partial charge is 0.324 e. The number of anilines is 3. The van der Waals surface area contributed by atoms with E-state index in [1.807, 2.05) is 6.07 Å². The van der Waals surface area contributed by atoms with Crippen LogP contribution in [0.3, 0.4) is 0 Å². The number of halogens is 2. The zero-order valence-corrected chi connectivity index (χ0v) is 17.6. The van der Waals surface area contributed by atoms with Crippen molar-refractivity contribution in [3.05, 3.63) is 69.3 Å². The van der Waals surface area contributed by atoms with Crippen LogP contribution in [0.5, 0.6) is 0 Å². The second-order valence-corrected chi connectivity index (χ2v) is 8.70. The van der Waals surface area contributed by atoms with Crippen LogP contribution in [0, 0.1) is 0 Å². The number of carbonyl (C=O) groups is 1. The van der Waals surface area contributed by atoms with Gasteiger partial charge in [0.05, 0.1) is 27.2 Å². The number of thioether (sulfide) groups is 1. The van der Waals surface area contributed by atoms with Crippen molar-refractivity contribution in [1.82, 2.24) is 9.97 Å². The van der Waals surface area contributed by atoms with Crippen LogP contribution in [0.25, 0.3) is 0 Å². The number of carbonyl (C=O) groups excluding carboxylic acids is 1. The Labute approximate surface area is 182 Å². The molecule has 146 valence electrons. The maximum atomic E-state index is 13.0. The molecule has 1 N–H and O–H groups in total. The zero-order valence-electron chi connectivity index (χ0n) is 15.3. The lowest BCUT2D eigenvalue weighted by Crippen LogP contribution is -2.35. The third-order valence-corrected chi connectivity index (χ3v) is 6.70. The number of amides is 1. The van der Waals surface area contributed by atoms with Gasteiger partial charge in [0.15, 0.2) is 0 Å². The predicted octanol–water partition coefficient (Wildman–Crippen LogP) is 5.73. The Kier molecular flexibility index (Phi) is 4.86. The highest BCUT2D eigenvalue weighted by Crippen LogP contribution is 2.39.